The van der Waals surface area contributed by atoms with E-state index in [2.05, 4.69) is 4.52 Å². The highest BCUT2D eigenvalue weighted by molar-refractivity contribution is 7.56. The van der Waals surface area contributed by atoms with Gasteiger partial charge in [-0.2, -0.15) is 0 Å². The third kappa shape index (κ3) is 4.03. The van der Waals surface area contributed by atoms with Crippen LogP contribution in [0.25, 0.3) is 0 Å². The molecule has 5 nitrogen and oxygen atoms in total. The number of halogens is 1. The molecule has 0 bridgehead atoms. The average Bonchev–Trinajstić information content (AvgIpc) is 2.84. The number of alkyl halides is 1. The van der Waals surface area contributed by atoms with Crippen molar-refractivity contribution in [3.05, 3.63) is 47.8 Å². The van der Waals surface area contributed by atoms with Gasteiger partial charge in [0.2, 0.25) is 0 Å². The molecule has 22 heavy (non-hydrogen) atoms. The summed E-state index contributed by atoms with van der Waals surface area (Å²) in [6, 6.07) is 8.99. The largest absolute Gasteiger partial charge is 0.372 e. The zero-order valence-corrected chi connectivity index (χ0v) is 13.4. The Kier molecular flexibility index (Phi) is 5.89. The van der Waals surface area contributed by atoms with Crippen LogP contribution in [-0.4, -0.2) is 37.0 Å². The Hall–Kier alpha value is -1.04. The van der Waals surface area contributed by atoms with Gasteiger partial charge in [0.05, 0.1) is 0 Å². The summed E-state index contributed by atoms with van der Waals surface area (Å²) in [4.78, 5) is 9.40. The number of ether oxygens (including phenoxy) is 2. The Balaban J connectivity index is 2.20. The number of rotatable bonds is 6. The summed E-state index contributed by atoms with van der Waals surface area (Å²) in [5, 5.41) is 0. The second-order valence-electron chi connectivity index (χ2n) is 4.88. The van der Waals surface area contributed by atoms with E-state index in [1.54, 1.807) is 31.2 Å². The molecule has 0 aliphatic carbocycles. The lowest BCUT2D eigenvalue weighted by Gasteiger charge is -2.16. The van der Waals surface area contributed by atoms with Gasteiger partial charge in [0.1, 0.15) is 18.3 Å². The molecule has 1 N–H and O–H groups in total. The highest BCUT2D eigenvalue weighted by atomic mass is 31.2. The first-order valence-electron chi connectivity index (χ1n) is 7.02. The molecule has 0 amide bonds. The van der Waals surface area contributed by atoms with E-state index in [0.717, 1.165) is 12.9 Å². The van der Waals surface area contributed by atoms with E-state index in [1.165, 1.54) is 6.08 Å². The van der Waals surface area contributed by atoms with Crippen LogP contribution >= 0.6 is 7.60 Å². The molecule has 0 saturated carbocycles. The standard InChI is InChI=1S/C15H20FO5P/c1-3-20-15-12(9-10-22(17,18)19-2)21-14(13(15)16)11-7-5-4-6-8-11/h4-10,12-15H,3H2,1-2H3,(H,17,18)/b10-9+/t12-,13+,14+,15-/m1/s1. The molecular weight excluding hydrogens is 310 g/mol. The molecule has 0 aromatic heterocycles. The van der Waals surface area contributed by atoms with Gasteiger partial charge < -0.3 is 18.9 Å². The van der Waals surface area contributed by atoms with Gasteiger partial charge in [-0.3, -0.25) is 4.57 Å². The van der Waals surface area contributed by atoms with Gasteiger partial charge in [0.15, 0.2) is 6.17 Å². The average molecular weight is 330 g/mol. The molecule has 122 valence electrons. The monoisotopic (exact) mass is 330 g/mol. The van der Waals surface area contributed by atoms with Crippen LogP contribution in [0.15, 0.2) is 42.2 Å². The SMILES string of the molecule is CCO[C@H]1[C@@H](F)[C@H](c2ccccc2)O[C@@H]1/C=C/P(=O)(O)OC. The first-order valence-corrected chi connectivity index (χ1v) is 8.67. The van der Waals surface area contributed by atoms with E-state index in [1.807, 2.05) is 6.07 Å². The Morgan fingerprint density at radius 1 is 1.41 bits per heavy atom. The van der Waals surface area contributed by atoms with Crippen molar-refractivity contribution in [3.63, 3.8) is 0 Å². The summed E-state index contributed by atoms with van der Waals surface area (Å²) in [5.41, 5.74) is 0.703. The maximum Gasteiger partial charge on any atom is 0.351 e. The van der Waals surface area contributed by atoms with E-state index < -0.39 is 32.1 Å². The smallest absolute Gasteiger partial charge is 0.351 e. The highest BCUT2D eigenvalue weighted by Crippen LogP contribution is 2.44. The Bertz CT molecular complexity index is 550. The van der Waals surface area contributed by atoms with Crippen molar-refractivity contribution in [1.29, 1.82) is 0 Å². The molecule has 5 atom stereocenters. The quantitative estimate of drug-likeness (QED) is 0.812. The fourth-order valence-electron chi connectivity index (χ4n) is 2.37. The normalized spacial score (nSPS) is 31.5. The van der Waals surface area contributed by atoms with Crippen molar-refractivity contribution in [1.82, 2.24) is 0 Å². The van der Waals surface area contributed by atoms with Crippen LogP contribution in [0, 0.1) is 0 Å². The predicted molar refractivity (Wildman–Crippen MR) is 80.3 cm³/mol. The summed E-state index contributed by atoms with van der Waals surface area (Å²) >= 11 is 0. The predicted octanol–water partition coefficient (Wildman–Crippen LogP) is 3.22. The van der Waals surface area contributed by atoms with Crippen LogP contribution in [0.3, 0.4) is 0 Å². The Morgan fingerprint density at radius 3 is 2.68 bits per heavy atom. The second kappa shape index (κ2) is 7.49. The zero-order valence-electron chi connectivity index (χ0n) is 12.5. The van der Waals surface area contributed by atoms with Crippen LogP contribution in [0.1, 0.15) is 18.6 Å². The topological polar surface area (TPSA) is 65.0 Å². The van der Waals surface area contributed by atoms with Crippen LogP contribution in [-0.2, 0) is 18.6 Å². The molecule has 1 unspecified atom stereocenters. The van der Waals surface area contributed by atoms with Crippen molar-refractivity contribution in [2.24, 2.45) is 0 Å². The van der Waals surface area contributed by atoms with Crippen molar-refractivity contribution >= 4 is 7.60 Å². The van der Waals surface area contributed by atoms with Crippen molar-refractivity contribution in [2.45, 2.75) is 31.4 Å². The molecule has 1 fully saturated rings. The van der Waals surface area contributed by atoms with Crippen molar-refractivity contribution < 1.29 is 27.8 Å². The van der Waals surface area contributed by atoms with E-state index in [9.17, 15) is 13.8 Å². The molecule has 1 aromatic carbocycles. The van der Waals surface area contributed by atoms with Gasteiger partial charge >= 0.3 is 7.60 Å². The van der Waals surface area contributed by atoms with Crippen molar-refractivity contribution in [2.75, 3.05) is 13.7 Å². The van der Waals surface area contributed by atoms with Crippen LogP contribution in [0.5, 0.6) is 0 Å². The summed E-state index contributed by atoms with van der Waals surface area (Å²) in [6.45, 7) is 2.08. The van der Waals surface area contributed by atoms with Gasteiger partial charge in [-0.1, -0.05) is 30.3 Å². The van der Waals surface area contributed by atoms with E-state index in [-0.39, 0.29) is 0 Å². The molecule has 1 heterocycles. The number of hydrogen-bond acceptors (Lipinski definition) is 4. The molecule has 0 spiro atoms. The summed E-state index contributed by atoms with van der Waals surface area (Å²) in [6.07, 6.45) is -2.38. The first kappa shape index (κ1) is 17.3. The van der Waals surface area contributed by atoms with Crippen molar-refractivity contribution in [3.8, 4) is 0 Å². The maximum absolute atomic E-state index is 14.6. The summed E-state index contributed by atoms with van der Waals surface area (Å²) in [7, 11) is -2.69. The lowest BCUT2D eigenvalue weighted by Crippen LogP contribution is -2.30. The van der Waals surface area contributed by atoms with Gasteiger partial charge in [0, 0.05) is 19.5 Å². The second-order valence-corrected chi connectivity index (χ2v) is 6.68. The molecule has 7 heteroatoms. The fraction of sp³-hybridized carbons (Fsp3) is 0.467. The molecular formula is C15H20FO5P. The van der Waals surface area contributed by atoms with Gasteiger partial charge in [-0.15, -0.1) is 0 Å². The molecule has 1 saturated heterocycles. The lowest BCUT2D eigenvalue weighted by atomic mass is 10.0. The van der Waals surface area contributed by atoms with Gasteiger partial charge in [-0.05, 0) is 18.6 Å². The molecule has 0 radical (unpaired) electrons. The van der Waals surface area contributed by atoms with Crippen LogP contribution in [0.2, 0.25) is 0 Å². The molecule has 1 aromatic rings. The lowest BCUT2D eigenvalue weighted by molar-refractivity contribution is -0.000873. The van der Waals surface area contributed by atoms with Crippen LogP contribution < -0.4 is 0 Å². The van der Waals surface area contributed by atoms with E-state index in [0.29, 0.717) is 12.2 Å². The molecule has 1 aliphatic heterocycles. The van der Waals surface area contributed by atoms with Gasteiger partial charge in [-0.25, -0.2) is 4.39 Å². The Labute approximate surface area is 129 Å². The minimum absolute atomic E-state index is 0.321. The van der Waals surface area contributed by atoms with E-state index >= 15 is 0 Å². The maximum atomic E-state index is 14.6. The van der Waals surface area contributed by atoms with E-state index in [4.69, 9.17) is 9.47 Å². The van der Waals surface area contributed by atoms with Gasteiger partial charge in [0.25, 0.3) is 0 Å². The van der Waals surface area contributed by atoms with Crippen LogP contribution in [0.4, 0.5) is 4.39 Å². The third-order valence-corrected chi connectivity index (χ3v) is 4.52. The Morgan fingerprint density at radius 2 is 2.09 bits per heavy atom. The first-order chi connectivity index (χ1) is 10.5. The molecule has 1 aliphatic rings. The number of benzene rings is 1. The third-order valence-electron chi connectivity index (χ3n) is 3.44. The number of hydrogen-bond donors (Lipinski definition) is 1. The fourth-order valence-corrected chi connectivity index (χ4v) is 2.88. The molecule has 2 rings (SSSR count). The summed E-state index contributed by atoms with van der Waals surface area (Å²) < 4.78 is 41.7. The minimum Gasteiger partial charge on any atom is -0.372 e. The highest BCUT2D eigenvalue weighted by Gasteiger charge is 2.45. The summed E-state index contributed by atoms with van der Waals surface area (Å²) in [5.74, 6) is 1.00. The minimum atomic E-state index is -3.82. The zero-order chi connectivity index (χ0) is 16.2.